The predicted octanol–water partition coefficient (Wildman–Crippen LogP) is -1.65. The summed E-state index contributed by atoms with van der Waals surface area (Å²) in [7, 11) is -1.15. The summed E-state index contributed by atoms with van der Waals surface area (Å²) < 4.78 is 11.7. The molecule has 1 fully saturated rings. The zero-order valence-corrected chi connectivity index (χ0v) is 18.0. The van der Waals surface area contributed by atoms with E-state index in [1.807, 2.05) is 4.90 Å². The number of carboxylic acid groups (broad SMARTS) is 3. The average Bonchev–Trinajstić information content (AvgIpc) is 2.65. The molecule has 0 spiro atoms. The molecule has 1 heterocycles. The summed E-state index contributed by atoms with van der Waals surface area (Å²) >= 11 is 0. The number of carboxylic acids is 3. The van der Waals surface area contributed by atoms with Gasteiger partial charge in [0.1, 0.15) is 0 Å². The van der Waals surface area contributed by atoms with Crippen LogP contribution in [0.3, 0.4) is 0 Å². The molecule has 0 radical (unpaired) electrons. The standard InChI is InChI=1S/C18H32N4O7S/c1-2-30(29)12-11-19-3-5-20(13-16(23)24)7-9-22(15-18(27)28)10-8-21(6-4-19)14-17(25)26/h2H,1,3-15H2,(H,23,24)(H,25,26)(H,27,28). The van der Waals surface area contributed by atoms with Gasteiger partial charge in [-0.25, -0.2) is 0 Å². The molecule has 0 aromatic heterocycles. The van der Waals surface area contributed by atoms with Gasteiger partial charge < -0.3 is 15.3 Å². The highest BCUT2D eigenvalue weighted by Gasteiger charge is 2.20. The smallest absolute Gasteiger partial charge is 0.317 e. The van der Waals surface area contributed by atoms with Crippen LogP contribution < -0.4 is 0 Å². The SMILES string of the molecule is C=CS(=O)CCN1CCN(CC(=O)O)CCN(CC(=O)O)CCN(CC(=O)O)CC1. The molecule has 1 unspecified atom stereocenters. The van der Waals surface area contributed by atoms with Crippen molar-refractivity contribution >= 4 is 28.7 Å². The predicted molar refractivity (Wildman–Crippen MR) is 112 cm³/mol. The maximum atomic E-state index is 11.7. The summed E-state index contributed by atoms with van der Waals surface area (Å²) in [6, 6.07) is 0. The maximum absolute atomic E-state index is 11.7. The van der Waals surface area contributed by atoms with E-state index in [4.69, 9.17) is 5.11 Å². The van der Waals surface area contributed by atoms with Crippen molar-refractivity contribution in [2.45, 2.75) is 0 Å². The van der Waals surface area contributed by atoms with Gasteiger partial charge in [-0.05, 0) is 5.41 Å². The molecule has 172 valence electrons. The highest BCUT2D eigenvalue weighted by Crippen LogP contribution is 2.02. The second-order valence-electron chi connectivity index (χ2n) is 7.10. The third-order valence-corrected chi connectivity index (χ3v) is 5.76. The summed E-state index contributed by atoms with van der Waals surface area (Å²) in [5.41, 5.74) is 0. The number of aliphatic carboxylic acids is 3. The van der Waals surface area contributed by atoms with Crippen LogP contribution >= 0.6 is 0 Å². The van der Waals surface area contributed by atoms with Gasteiger partial charge in [-0.3, -0.25) is 38.2 Å². The lowest BCUT2D eigenvalue weighted by molar-refractivity contribution is -0.140. The first-order chi connectivity index (χ1) is 14.2. The van der Waals surface area contributed by atoms with Crippen molar-refractivity contribution in [3.8, 4) is 0 Å². The fraction of sp³-hybridized carbons (Fsp3) is 0.722. The minimum Gasteiger partial charge on any atom is -0.480 e. The van der Waals surface area contributed by atoms with Crippen molar-refractivity contribution in [3.05, 3.63) is 12.0 Å². The lowest BCUT2D eigenvalue weighted by atomic mass is 10.3. The molecular weight excluding hydrogens is 416 g/mol. The maximum Gasteiger partial charge on any atom is 0.317 e. The third-order valence-electron chi connectivity index (χ3n) is 4.80. The molecule has 0 bridgehead atoms. The lowest BCUT2D eigenvalue weighted by Gasteiger charge is -2.33. The molecule has 11 nitrogen and oxygen atoms in total. The number of hydrogen-bond donors (Lipinski definition) is 3. The molecular formula is C18H32N4O7S. The largest absolute Gasteiger partial charge is 0.480 e. The van der Waals surface area contributed by atoms with Crippen LogP contribution in [0.25, 0.3) is 0 Å². The van der Waals surface area contributed by atoms with Crippen LogP contribution in [0.15, 0.2) is 12.0 Å². The van der Waals surface area contributed by atoms with Gasteiger partial charge in [-0.1, -0.05) is 6.58 Å². The van der Waals surface area contributed by atoms with E-state index in [0.29, 0.717) is 64.7 Å². The summed E-state index contributed by atoms with van der Waals surface area (Å²) in [5, 5.41) is 28.9. The minimum atomic E-state index is -1.15. The first-order valence-corrected chi connectivity index (χ1v) is 11.1. The molecule has 1 rings (SSSR count). The molecule has 1 aliphatic rings. The summed E-state index contributed by atoms with van der Waals surface area (Å²) in [6.07, 6.45) is 0. The Morgan fingerprint density at radius 1 is 0.700 bits per heavy atom. The average molecular weight is 449 g/mol. The van der Waals surface area contributed by atoms with Crippen molar-refractivity contribution in [2.75, 3.05) is 84.3 Å². The Kier molecular flexibility index (Phi) is 12.4. The number of carbonyl (C=O) groups is 3. The fourth-order valence-corrected chi connectivity index (χ4v) is 3.76. The van der Waals surface area contributed by atoms with Crippen LogP contribution in [-0.4, -0.2) is 141 Å². The topological polar surface area (TPSA) is 142 Å². The first kappa shape index (κ1) is 26.2. The lowest BCUT2D eigenvalue weighted by Crippen LogP contribution is -2.48. The zero-order chi connectivity index (χ0) is 22.5. The molecule has 0 aromatic carbocycles. The van der Waals surface area contributed by atoms with Crippen LogP contribution in [0.4, 0.5) is 0 Å². The van der Waals surface area contributed by atoms with Gasteiger partial charge in [0, 0.05) is 75.5 Å². The highest BCUT2D eigenvalue weighted by molar-refractivity contribution is 7.87. The van der Waals surface area contributed by atoms with E-state index >= 15 is 0 Å². The van der Waals surface area contributed by atoms with Crippen molar-refractivity contribution in [2.24, 2.45) is 0 Å². The van der Waals surface area contributed by atoms with Gasteiger partial charge in [0.25, 0.3) is 0 Å². The van der Waals surface area contributed by atoms with Crippen molar-refractivity contribution < 1.29 is 33.9 Å². The zero-order valence-electron chi connectivity index (χ0n) is 17.1. The first-order valence-electron chi connectivity index (χ1n) is 9.74. The van der Waals surface area contributed by atoms with Crippen molar-refractivity contribution in [3.63, 3.8) is 0 Å². The Bertz CT molecular complexity index is 587. The van der Waals surface area contributed by atoms with Crippen molar-refractivity contribution in [1.82, 2.24) is 19.6 Å². The quantitative estimate of drug-likeness (QED) is 0.354. The van der Waals surface area contributed by atoms with E-state index in [2.05, 4.69) is 6.58 Å². The van der Waals surface area contributed by atoms with Gasteiger partial charge >= 0.3 is 17.9 Å². The Labute approximate surface area is 179 Å². The molecule has 0 amide bonds. The van der Waals surface area contributed by atoms with E-state index in [0.717, 1.165) is 0 Å². The van der Waals surface area contributed by atoms with Gasteiger partial charge in [0.15, 0.2) is 0 Å². The molecule has 1 saturated heterocycles. The fourth-order valence-electron chi connectivity index (χ4n) is 3.15. The molecule has 12 heteroatoms. The number of rotatable bonds is 10. The Balaban J connectivity index is 2.91. The van der Waals surface area contributed by atoms with Crippen LogP contribution in [0.5, 0.6) is 0 Å². The highest BCUT2D eigenvalue weighted by atomic mass is 32.2. The molecule has 0 saturated carbocycles. The third kappa shape index (κ3) is 12.0. The number of nitrogens with zero attached hydrogens (tertiary/aromatic N) is 4. The van der Waals surface area contributed by atoms with E-state index in [1.54, 1.807) is 14.7 Å². The monoisotopic (exact) mass is 448 g/mol. The van der Waals surface area contributed by atoms with E-state index in [9.17, 15) is 28.8 Å². The summed E-state index contributed by atoms with van der Waals surface area (Å²) in [5.74, 6) is -2.51. The summed E-state index contributed by atoms with van der Waals surface area (Å²) in [6.45, 7) is 6.98. The van der Waals surface area contributed by atoms with Crippen LogP contribution in [0, 0.1) is 0 Å². The molecule has 0 aliphatic carbocycles. The van der Waals surface area contributed by atoms with Gasteiger partial charge in [-0.2, -0.15) is 0 Å². The van der Waals surface area contributed by atoms with Crippen LogP contribution in [0.1, 0.15) is 0 Å². The molecule has 30 heavy (non-hydrogen) atoms. The molecule has 1 atom stereocenters. The van der Waals surface area contributed by atoms with Gasteiger partial charge in [0.2, 0.25) is 0 Å². The second-order valence-corrected chi connectivity index (χ2v) is 8.61. The van der Waals surface area contributed by atoms with Gasteiger partial charge in [0.05, 0.1) is 19.6 Å². The minimum absolute atomic E-state index is 0.154. The second kappa shape index (κ2) is 14.2. The summed E-state index contributed by atoms with van der Waals surface area (Å²) in [4.78, 5) is 40.8. The molecule has 0 aromatic rings. The normalized spacial score (nSPS) is 20.0. The Morgan fingerprint density at radius 3 is 1.27 bits per heavy atom. The van der Waals surface area contributed by atoms with Crippen LogP contribution in [0.2, 0.25) is 0 Å². The van der Waals surface area contributed by atoms with E-state index in [1.165, 1.54) is 5.41 Å². The van der Waals surface area contributed by atoms with E-state index in [-0.39, 0.29) is 19.6 Å². The molecule has 3 N–H and O–H groups in total. The van der Waals surface area contributed by atoms with Crippen molar-refractivity contribution in [1.29, 1.82) is 0 Å². The van der Waals surface area contributed by atoms with Crippen LogP contribution in [-0.2, 0) is 25.2 Å². The Hall–Kier alpha value is -1.86. The molecule has 1 aliphatic heterocycles. The van der Waals surface area contributed by atoms with Gasteiger partial charge in [-0.15, -0.1) is 0 Å². The Morgan fingerprint density at radius 2 is 1.00 bits per heavy atom. The van der Waals surface area contributed by atoms with E-state index < -0.39 is 28.7 Å². The number of hydrogen-bond acceptors (Lipinski definition) is 8.